The summed E-state index contributed by atoms with van der Waals surface area (Å²) < 4.78 is 0. The van der Waals surface area contributed by atoms with E-state index in [-0.39, 0.29) is 11.8 Å². The quantitative estimate of drug-likeness (QED) is 0.869. The Hall–Kier alpha value is -1.35. The molecule has 2 atom stereocenters. The van der Waals surface area contributed by atoms with E-state index in [9.17, 15) is 4.79 Å². The number of carbonyl (C=O) groups is 1. The van der Waals surface area contributed by atoms with Crippen molar-refractivity contribution in [2.24, 2.45) is 11.7 Å². The molecule has 1 amide bonds. The third-order valence-corrected chi connectivity index (χ3v) is 3.59. The van der Waals surface area contributed by atoms with Gasteiger partial charge in [0.1, 0.15) is 0 Å². The Balaban J connectivity index is 2.68. The molecule has 18 heavy (non-hydrogen) atoms. The Morgan fingerprint density at radius 1 is 1.39 bits per heavy atom. The summed E-state index contributed by atoms with van der Waals surface area (Å²) in [6.07, 6.45) is 0.922. The number of hydrogen-bond donors (Lipinski definition) is 1. The summed E-state index contributed by atoms with van der Waals surface area (Å²) in [4.78, 5) is 13.9. The van der Waals surface area contributed by atoms with Crippen molar-refractivity contribution in [1.82, 2.24) is 4.90 Å². The number of aryl methyl sites for hydroxylation is 1. The summed E-state index contributed by atoms with van der Waals surface area (Å²) >= 11 is 0. The van der Waals surface area contributed by atoms with Gasteiger partial charge in [-0.15, -0.1) is 0 Å². The molecule has 0 unspecified atom stereocenters. The lowest BCUT2D eigenvalue weighted by molar-refractivity contribution is -0.132. The molecule has 0 aliphatic heterocycles. The highest BCUT2D eigenvalue weighted by Crippen LogP contribution is 2.12. The minimum absolute atomic E-state index is 0.0209. The number of likely N-dealkylation sites (N-methyl/N-ethyl adjacent to an activating group) is 1. The molecule has 0 fully saturated rings. The average Bonchev–Trinajstić information content (AvgIpc) is 2.38. The molecule has 1 aromatic carbocycles. The van der Waals surface area contributed by atoms with Gasteiger partial charge in [-0.25, -0.2) is 0 Å². The Kier molecular flexibility index (Phi) is 5.35. The third kappa shape index (κ3) is 3.57. The summed E-state index contributed by atoms with van der Waals surface area (Å²) in [6, 6.07) is 7.71. The van der Waals surface area contributed by atoms with Crippen molar-refractivity contribution in [2.75, 3.05) is 7.05 Å². The molecule has 0 saturated carbocycles. The Morgan fingerprint density at radius 2 is 2.00 bits per heavy atom. The molecule has 1 rings (SSSR count). The molecular formula is C15H24N2O. The molecule has 0 heterocycles. The SMILES string of the molecule is CC[C@H](C)[C@H](N)C(=O)N(C)Cc1ccccc1C. The van der Waals surface area contributed by atoms with Gasteiger partial charge in [0.25, 0.3) is 0 Å². The second-order valence-corrected chi connectivity index (χ2v) is 5.03. The summed E-state index contributed by atoms with van der Waals surface area (Å²) in [5.41, 5.74) is 8.35. The van der Waals surface area contributed by atoms with Crippen molar-refractivity contribution < 1.29 is 4.79 Å². The van der Waals surface area contributed by atoms with Crippen LogP contribution in [-0.4, -0.2) is 23.9 Å². The zero-order chi connectivity index (χ0) is 13.7. The lowest BCUT2D eigenvalue weighted by Crippen LogP contribution is -2.45. The lowest BCUT2D eigenvalue weighted by atomic mass is 9.98. The van der Waals surface area contributed by atoms with Crippen LogP contribution in [0.15, 0.2) is 24.3 Å². The molecule has 100 valence electrons. The topological polar surface area (TPSA) is 46.3 Å². The van der Waals surface area contributed by atoms with Crippen LogP contribution in [0.2, 0.25) is 0 Å². The second kappa shape index (κ2) is 6.55. The van der Waals surface area contributed by atoms with Crippen LogP contribution in [0.4, 0.5) is 0 Å². The Labute approximate surface area is 110 Å². The van der Waals surface area contributed by atoms with Crippen LogP contribution in [0.3, 0.4) is 0 Å². The molecule has 2 N–H and O–H groups in total. The van der Waals surface area contributed by atoms with Crippen LogP contribution in [-0.2, 0) is 11.3 Å². The highest BCUT2D eigenvalue weighted by atomic mass is 16.2. The molecule has 0 aliphatic rings. The average molecular weight is 248 g/mol. The maximum atomic E-state index is 12.2. The van der Waals surface area contributed by atoms with Gasteiger partial charge in [0.15, 0.2) is 0 Å². The van der Waals surface area contributed by atoms with E-state index in [2.05, 4.69) is 19.9 Å². The fourth-order valence-electron chi connectivity index (χ4n) is 1.87. The predicted octanol–water partition coefficient (Wildman–Crippen LogP) is 2.33. The maximum Gasteiger partial charge on any atom is 0.239 e. The number of hydrogen-bond acceptors (Lipinski definition) is 2. The molecule has 0 aliphatic carbocycles. The van der Waals surface area contributed by atoms with E-state index >= 15 is 0 Å². The van der Waals surface area contributed by atoms with Crippen LogP contribution in [0.5, 0.6) is 0 Å². The first-order valence-electron chi connectivity index (χ1n) is 6.52. The highest BCUT2D eigenvalue weighted by Gasteiger charge is 2.22. The van der Waals surface area contributed by atoms with Gasteiger partial charge in [-0.05, 0) is 24.0 Å². The van der Waals surface area contributed by atoms with Gasteiger partial charge in [0.05, 0.1) is 6.04 Å². The van der Waals surface area contributed by atoms with Crippen molar-refractivity contribution in [3.8, 4) is 0 Å². The number of benzene rings is 1. The van der Waals surface area contributed by atoms with Crippen molar-refractivity contribution >= 4 is 5.91 Å². The largest absolute Gasteiger partial charge is 0.340 e. The molecule has 0 bridgehead atoms. The van der Waals surface area contributed by atoms with E-state index in [1.54, 1.807) is 4.90 Å². The van der Waals surface area contributed by atoms with E-state index in [1.807, 2.05) is 32.2 Å². The van der Waals surface area contributed by atoms with E-state index < -0.39 is 6.04 Å². The molecule has 0 radical (unpaired) electrons. The molecule has 3 nitrogen and oxygen atoms in total. The fourth-order valence-corrected chi connectivity index (χ4v) is 1.87. The number of amides is 1. The van der Waals surface area contributed by atoms with Crippen molar-refractivity contribution in [3.05, 3.63) is 35.4 Å². The van der Waals surface area contributed by atoms with Crippen LogP contribution in [0.1, 0.15) is 31.4 Å². The van der Waals surface area contributed by atoms with Gasteiger partial charge in [0.2, 0.25) is 5.91 Å². The predicted molar refractivity (Wildman–Crippen MR) is 75.1 cm³/mol. The molecule has 0 spiro atoms. The van der Waals surface area contributed by atoms with Gasteiger partial charge in [-0.3, -0.25) is 4.79 Å². The number of carbonyl (C=O) groups excluding carboxylic acids is 1. The normalized spacial score (nSPS) is 14.1. The summed E-state index contributed by atoms with van der Waals surface area (Å²) in [7, 11) is 1.82. The maximum absolute atomic E-state index is 12.2. The number of nitrogens with two attached hydrogens (primary N) is 1. The monoisotopic (exact) mass is 248 g/mol. The van der Waals surface area contributed by atoms with Gasteiger partial charge in [-0.2, -0.15) is 0 Å². The van der Waals surface area contributed by atoms with E-state index in [0.717, 1.165) is 6.42 Å². The standard InChI is InChI=1S/C15H24N2O/c1-5-11(2)14(16)15(18)17(4)10-13-9-7-6-8-12(13)3/h6-9,11,14H,5,10,16H2,1-4H3/t11-,14-/m0/s1. The molecule has 1 aromatic rings. The van der Waals surface area contributed by atoms with Gasteiger partial charge >= 0.3 is 0 Å². The van der Waals surface area contributed by atoms with Gasteiger partial charge in [0, 0.05) is 13.6 Å². The molecule has 0 aromatic heterocycles. The summed E-state index contributed by atoms with van der Waals surface area (Å²) in [5.74, 6) is 0.240. The first-order chi connectivity index (χ1) is 8.47. The van der Waals surface area contributed by atoms with Gasteiger partial charge < -0.3 is 10.6 Å². The van der Waals surface area contributed by atoms with Crippen molar-refractivity contribution in [1.29, 1.82) is 0 Å². The number of rotatable bonds is 5. The zero-order valence-corrected chi connectivity index (χ0v) is 11.8. The van der Waals surface area contributed by atoms with Crippen molar-refractivity contribution in [3.63, 3.8) is 0 Å². The fraction of sp³-hybridized carbons (Fsp3) is 0.533. The summed E-state index contributed by atoms with van der Waals surface area (Å²) in [5, 5.41) is 0. The van der Waals surface area contributed by atoms with Crippen LogP contribution in [0.25, 0.3) is 0 Å². The minimum atomic E-state index is -0.399. The smallest absolute Gasteiger partial charge is 0.239 e. The second-order valence-electron chi connectivity index (χ2n) is 5.03. The first-order valence-corrected chi connectivity index (χ1v) is 6.52. The van der Waals surface area contributed by atoms with Crippen LogP contribution in [0, 0.1) is 12.8 Å². The third-order valence-electron chi connectivity index (χ3n) is 3.59. The van der Waals surface area contributed by atoms with E-state index in [4.69, 9.17) is 5.73 Å². The van der Waals surface area contributed by atoms with Crippen molar-refractivity contribution in [2.45, 2.75) is 39.8 Å². The van der Waals surface area contributed by atoms with Gasteiger partial charge in [-0.1, -0.05) is 44.5 Å². The van der Waals surface area contributed by atoms with E-state index in [1.165, 1.54) is 11.1 Å². The lowest BCUT2D eigenvalue weighted by Gasteiger charge is -2.25. The molecular weight excluding hydrogens is 224 g/mol. The van der Waals surface area contributed by atoms with Crippen LogP contribution >= 0.6 is 0 Å². The minimum Gasteiger partial charge on any atom is -0.340 e. The highest BCUT2D eigenvalue weighted by molar-refractivity contribution is 5.81. The Bertz CT molecular complexity index is 403. The van der Waals surface area contributed by atoms with E-state index in [0.29, 0.717) is 6.54 Å². The first kappa shape index (κ1) is 14.7. The zero-order valence-electron chi connectivity index (χ0n) is 11.8. The number of nitrogens with zero attached hydrogens (tertiary/aromatic N) is 1. The summed E-state index contributed by atoms with van der Waals surface area (Å²) in [6.45, 7) is 6.75. The van der Waals surface area contributed by atoms with Crippen LogP contribution < -0.4 is 5.73 Å². The molecule has 3 heteroatoms. The molecule has 0 saturated heterocycles. The Morgan fingerprint density at radius 3 is 2.56 bits per heavy atom.